The lowest BCUT2D eigenvalue weighted by Gasteiger charge is -2.33. The molecule has 0 aromatic heterocycles. The lowest BCUT2D eigenvalue weighted by Crippen LogP contribution is -2.49. The van der Waals surface area contributed by atoms with E-state index < -0.39 is 37.2 Å². The van der Waals surface area contributed by atoms with Crippen LogP contribution in [0.2, 0.25) is 0 Å². The van der Waals surface area contributed by atoms with E-state index in [9.17, 15) is 20.1 Å². The predicted octanol–water partition coefficient (Wildman–Crippen LogP) is 1.05. The number of unbranched alkanes of at least 4 members (excludes halogenated alkanes) is 3. The van der Waals surface area contributed by atoms with Crippen molar-refractivity contribution >= 4 is 6.16 Å². The summed E-state index contributed by atoms with van der Waals surface area (Å²) in [5, 5.41) is 29.4. The number of hydrogen-bond donors (Lipinski definition) is 3. The van der Waals surface area contributed by atoms with Gasteiger partial charge in [-0.3, -0.25) is 0 Å². The van der Waals surface area contributed by atoms with E-state index in [4.69, 9.17) is 9.47 Å². The Morgan fingerprint density at radius 1 is 1.24 bits per heavy atom. The summed E-state index contributed by atoms with van der Waals surface area (Å²) in [5.74, 6) is 0. The minimum absolute atomic E-state index is 0.272. The van der Waals surface area contributed by atoms with Crippen LogP contribution in [0.25, 0.3) is 0 Å². The average molecular weight is 298 g/mol. The van der Waals surface area contributed by atoms with Crippen LogP contribution in [0, 0.1) is 0 Å². The van der Waals surface area contributed by atoms with Gasteiger partial charge in [-0.05, 0) is 18.4 Å². The zero-order valence-corrected chi connectivity index (χ0v) is 12.1. The molecule has 2 aliphatic rings. The van der Waals surface area contributed by atoms with Crippen molar-refractivity contribution in [3.63, 3.8) is 0 Å². The van der Waals surface area contributed by atoms with Crippen LogP contribution in [0.3, 0.4) is 0 Å². The van der Waals surface area contributed by atoms with E-state index in [-0.39, 0.29) is 5.57 Å². The molecule has 1 heterocycles. The van der Waals surface area contributed by atoms with Crippen LogP contribution in [0.15, 0.2) is 23.3 Å². The molecule has 6 nitrogen and oxygen atoms in total. The molecule has 1 aliphatic carbocycles. The number of fused-ring (bicyclic) bond motifs is 1. The summed E-state index contributed by atoms with van der Waals surface area (Å²) < 4.78 is 9.95. The van der Waals surface area contributed by atoms with Gasteiger partial charge in [0.25, 0.3) is 0 Å². The molecule has 0 saturated carbocycles. The molecule has 4 atom stereocenters. The van der Waals surface area contributed by atoms with Gasteiger partial charge >= 0.3 is 6.16 Å². The summed E-state index contributed by atoms with van der Waals surface area (Å²) in [6, 6.07) is 0. The highest BCUT2D eigenvalue weighted by Gasteiger charge is 2.50. The number of carbonyl (C=O) groups excluding carboxylic acids is 1. The second-order valence-electron chi connectivity index (χ2n) is 5.34. The third-order valence-corrected chi connectivity index (χ3v) is 3.89. The number of allylic oxidation sites excluding steroid dienone is 1. The van der Waals surface area contributed by atoms with Crippen molar-refractivity contribution in [2.45, 2.75) is 57.0 Å². The van der Waals surface area contributed by atoms with Crippen LogP contribution in [0.5, 0.6) is 0 Å². The van der Waals surface area contributed by atoms with E-state index in [0.717, 1.165) is 25.7 Å². The fourth-order valence-corrected chi connectivity index (χ4v) is 2.71. The zero-order chi connectivity index (χ0) is 15.4. The first-order valence-electron chi connectivity index (χ1n) is 7.33. The monoisotopic (exact) mass is 298 g/mol. The fraction of sp³-hybridized carbons (Fsp3) is 0.667. The molecule has 0 spiro atoms. The van der Waals surface area contributed by atoms with Gasteiger partial charge in [0, 0.05) is 5.57 Å². The van der Waals surface area contributed by atoms with Crippen molar-refractivity contribution in [2.75, 3.05) is 6.61 Å². The summed E-state index contributed by atoms with van der Waals surface area (Å²) in [4.78, 5) is 11.3. The number of carbonyl (C=O) groups is 1. The standard InChI is InChI=1S/C15H22O6/c1-2-3-4-5-6-7-9-10(8-16)11(17)12(18)14-13(9)20-15(19)21-14/h6-7,11-14,16-18H,2-5,8H2,1H3. The van der Waals surface area contributed by atoms with Crippen molar-refractivity contribution in [3.05, 3.63) is 23.3 Å². The Hall–Kier alpha value is -1.37. The van der Waals surface area contributed by atoms with Gasteiger partial charge in [0.05, 0.1) is 6.61 Å². The zero-order valence-electron chi connectivity index (χ0n) is 12.1. The number of ether oxygens (including phenoxy) is 2. The van der Waals surface area contributed by atoms with Crippen molar-refractivity contribution in [1.82, 2.24) is 0 Å². The maximum Gasteiger partial charge on any atom is 0.509 e. The summed E-state index contributed by atoms with van der Waals surface area (Å²) in [7, 11) is 0. The van der Waals surface area contributed by atoms with Gasteiger partial charge in [-0.15, -0.1) is 0 Å². The number of aliphatic hydroxyl groups is 3. The molecule has 1 fully saturated rings. The first-order chi connectivity index (χ1) is 10.1. The molecule has 0 bridgehead atoms. The van der Waals surface area contributed by atoms with E-state index in [1.165, 1.54) is 0 Å². The number of hydrogen-bond acceptors (Lipinski definition) is 6. The molecule has 1 aliphatic heterocycles. The van der Waals surface area contributed by atoms with E-state index in [1.54, 1.807) is 6.08 Å². The van der Waals surface area contributed by atoms with Crippen LogP contribution in [-0.4, -0.2) is 52.5 Å². The number of aliphatic hydroxyl groups excluding tert-OH is 3. The summed E-state index contributed by atoms with van der Waals surface area (Å²) in [6.45, 7) is 1.71. The largest absolute Gasteiger partial charge is 0.509 e. The summed E-state index contributed by atoms with van der Waals surface area (Å²) in [6.07, 6.45) is 2.70. The van der Waals surface area contributed by atoms with E-state index in [2.05, 4.69) is 6.92 Å². The molecule has 118 valence electrons. The van der Waals surface area contributed by atoms with Gasteiger partial charge in [-0.2, -0.15) is 0 Å². The van der Waals surface area contributed by atoms with Crippen LogP contribution in [0.1, 0.15) is 32.6 Å². The highest BCUT2D eigenvalue weighted by Crippen LogP contribution is 2.35. The topological polar surface area (TPSA) is 96.2 Å². The van der Waals surface area contributed by atoms with Crippen LogP contribution < -0.4 is 0 Å². The van der Waals surface area contributed by atoms with E-state index in [0.29, 0.717) is 5.57 Å². The Kier molecular flexibility index (Phi) is 5.39. The molecule has 3 N–H and O–H groups in total. The molecule has 6 heteroatoms. The second-order valence-corrected chi connectivity index (χ2v) is 5.34. The highest BCUT2D eigenvalue weighted by atomic mass is 16.8. The van der Waals surface area contributed by atoms with Gasteiger partial charge in [-0.1, -0.05) is 31.9 Å². The lowest BCUT2D eigenvalue weighted by atomic mass is 9.83. The van der Waals surface area contributed by atoms with Crippen LogP contribution in [-0.2, 0) is 9.47 Å². The van der Waals surface area contributed by atoms with Gasteiger partial charge < -0.3 is 24.8 Å². The van der Waals surface area contributed by atoms with E-state index >= 15 is 0 Å². The maximum atomic E-state index is 11.3. The average Bonchev–Trinajstić information content (AvgIpc) is 2.86. The molecular formula is C15H22O6. The normalized spacial score (nSPS) is 32.3. The summed E-state index contributed by atoms with van der Waals surface area (Å²) >= 11 is 0. The third-order valence-electron chi connectivity index (χ3n) is 3.89. The second kappa shape index (κ2) is 7.06. The third kappa shape index (κ3) is 3.28. The fourth-order valence-electron chi connectivity index (χ4n) is 2.71. The van der Waals surface area contributed by atoms with E-state index in [1.807, 2.05) is 6.08 Å². The first kappa shape index (κ1) is 16.0. The molecule has 2 rings (SSSR count). The SMILES string of the molecule is CCCCCC=CC1=C(CO)C(O)C(O)C2OC(=O)OC12. The Balaban J connectivity index is 2.19. The molecule has 0 radical (unpaired) electrons. The highest BCUT2D eigenvalue weighted by molar-refractivity contribution is 5.64. The van der Waals surface area contributed by atoms with Crippen molar-refractivity contribution < 1.29 is 29.6 Å². The molecule has 0 amide bonds. The van der Waals surface area contributed by atoms with Gasteiger partial charge in [0.1, 0.15) is 12.2 Å². The van der Waals surface area contributed by atoms with Gasteiger partial charge in [0.15, 0.2) is 12.2 Å². The Labute approximate surface area is 123 Å². The molecule has 0 aromatic carbocycles. The van der Waals surface area contributed by atoms with Crippen LogP contribution in [0.4, 0.5) is 4.79 Å². The first-order valence-corrected chi connectivity index (χ1v) is 7.33. The van der Waals surface area contributed by atoms with Crippen molar-refractivity contribution in [2.24, 2.45) is 0 Å². The van der Waals surface area contributed by atoms with Crippen molar-refractivity contribution in [1.29, 1.82) is 0 Å². The smallest absolute Gasteiger partial charge is 0.424 e. The minimum Gasteiger partial charge on any atom is -0.424 e. The maximum absolute atomic E-state index is 11.3. The van der Waals surface area contributed by atoms with Gasteiger partial charge in [0.2, 0.25) is 0 Å². The predicted molar refractivity (Wildman–Crippen MR) is 74.5 cm³/mol. The molecule has 0 aromatic rings. The lowest BCUT2D eigenvalue weighted by molar-refractivity contribution is -0.0546. The minimum atomic E-state index is -1.29. The summed E-state index contributed by atoms with van der Waals surface area (Å²) in [5.41, 5.74) is 0.788. The molecular weight excluding hydrogens is 276 g/mol. The Bertz CT molecular complexity index is 441. The van der Waals surface area contributed by atoms with Gasteiger partial charge in [-0.25, -0.2) is 4.79 Å². The van der Waals surface area contributed by atoms with Crippen molar-refractivity contribution in [3.8, 4) is 0 Å². The number of rotatable bonds is 6. The van der Waals surface area contributed by atoms with Crippen LogP contribution >= 0.6 is 0 Å². The Morgan fingerprint density at radius 3 is 2.67 bits per heavy atom. The quantitative estimate of drug-likeness (QED) is 0.501. The molecule has 1 saturated heterocycles. The molecule has 21 heavy (non-hydrogen) atoms. The molecule has 4 unspecified atom stereocenters. The Morgan fingerprint density at radius 2 is 2.00 bits per heavy atom.